The van der Waals surface area contributed by atoms with E-state index in [2.05, 4.69) is 0 Å². The summed E-state index contributed by atoms with van der Waals surface area (Å²) in [6.07, 6.45) is 0.923. The van der Waals surface area contributed by atoms with Gasteiger partial charge in [0.15, 0.2) is 0 Å². The number of piperazine rings is 1. The molecule has 0 bridgehead atoms. The van der Waals surface area contributed by atoms with Crippen LogP contribution in [0.4, 0.5) is 0 Å². The number of carbonyl (C=O) groups is 3. The van der Waals surface area contributed by atoms with E-state index in [1.165, 1.54) is 4.90 Å². The van der Waals surface area contributed by atoms with Crippen molar-refractivity contribution in [2.45, 2.75) is 26.3 Å². The molecule has 0 radical (unpaired) electrons. The molecule has 2 rings (SSSR count). The molecule has 24 heavy (non-hydrogen) atoms. The minimum absolute atomic E-state index is 0.102. The van der Waals surface area contributed by atoms with Gasteiger partial charge in [0.25, 0.3) is 5.91 Å². The third kappa shape index (κ3) is 4.04. The number of primary amides is 1. The fourth-order valence-corrected chi connectivity index (χ4v) is 2.68. The number of nitrogens with zero attached hydrogens (tertiary/aromatic N) is 2. The second-order valence-electron chi connectivity index (χ2n) is 5.84. The highest BCUT2D eigenvalue weighted by atomic mass is 16.5. The summed E-state index contributed by atoms with van der Waals surface area (Å²) >= 11 is 0. The first kappa shape index (κ1) is 17.8. The summed E-state index contributed by atoms with van der Waals surface area (Å²) in [4.78, 5) is 38.4. The van der Waals surface area contributed by atoms with Crippen molar-refractivity contribution in [1.29, 1.82) is 0 Å². The molecule has 7 nitrogen and oxygen atoms in total. The molecule has 0 aromatic heterocycles. The van der Waals surface area contributed by atoms with Gasteiger partial charge >= 0.3 is 11.8 Å². The van der Waals surface area contributed by atoms with Crippen LogP contribution in [0.15, 0.2) is 24.3 Å². The Labute approximate surface area is 141 Å². The third-order valence-electron chi connectivity index (χ3n) is 3.96. The predicted octanol–water partition coefficient (Wildman–Crippen LogP) is 0.634. The van der Waals surface area contributed by atoms with Gasteiger partial charge in [0.2, 0.25) is 0 Å². The first-order valence-corrected chi connectivity index (χ1v) is 8.06. The molecule has 0 saturated carbocycles. The predicted molar refractivity (Wildman–Crippen MR) is 88.5 cm³/mol. The SMILES string of the molecule is CCCOc1ccc(C(=O)N2CCN(C(=O)C(N)=O)[C@H](C)C2)cc1. The van der Waals surface area contributed by atoms with E-state index in [9.17, 15) is 14.4 Å². The minimum atomic E-state index is -0.968. The van der Waals surface area contributed by atoms with Crippen molar-refractivity contribution in [2.75, 3.05) is 26.2 Å². The van der Waals surface area contributed by atoms with Crippen LogP contribution in [0.3, 0.4) is 0 Å². The van der Waals surface area contributed by atoms with Crippen molar-refractivity contribution in [3.8, 4) is 5.75 Å². The maximum absolute atomic E-state index is 12.6. The number of amides is 3. The zero-order valence-corrected chi connectivity index (χ0v) is 14.0. The summed E-state index contributed by atoms with van der Waals surface area (Å²) in [6.45, 7) is 5.50. The fraction of sp³-hybridized carbons (Fsp3) is 0.471. The average molecular weight is 333 g/mol. The first-order valence-electron chi connectivity index (χ1n) is 8.06. The molecule has 1 saturated heterocycles. The van der Waals surface area contributed by atoms with Gasteiger partial charge in [-0.3, -0.25) is 14.4 Å². The lowest BCUT2D eigenvalue weighted by Gasteiger charge is -2.39. The van der Waals surface area contributed by atoms with Gasteiger partial charge in [-0.25, -0.2) is 0 Å². The van der Waals surface area contributed by atoms with E-state index < -0.39 is 11.8 Å². The fourth-order valence-electron chi connectivity index (χ4n) is 2.68. The highest BCUT2D eigenvalue weighted by Gasteiger charge is 2.32. The summed E-state index contributed by atoms with van der Waals surface area (Å²) in [5, 5.41) is 0. The zero-order valence-electron chi connectivity index (χ0n) is 14.0. The Morgan fingerprint density at radius 3 is 2.42 bits per heavy atom. The van der Waals surface area contributed by atoms with Gasteiger partial charge in [-0.1, -0.05) is 6.92 Å². The standard InChI is InChI=1S/C17H23N3O4/c1-3-10-24-14-6-4-13(5-7-14)16(22)19-8-9-20(12(2)11-19)17(23)15(18)21/h4-7,12H,3,8-11H2,1-2H3,(H2,18,21)/t12-/m1/s1. The Morgan fingerprint density at radius 1 is 1.21 bits per heavy atom. The normalized spacial score (nSPS) is 17.5. The van der Waals surface area contributed by atoms with Crippen LogP contribution in [0.2, 0.25) is 0 Å². The maximum atomic E-state index is 12.6. The first-order chi connectivity index (χ1) is 11.4. The number of benzene rings is 1. The molecule has 1 heterocycles. The van der Waals surface area contributed by atoms with E-state index in [4.69, 9.17) is 10.5 Å². The molecule has 1 aromatic carbocycles. The molecule has 130 valence electrons. The molecule has 0 aliphatic carbocycles. The molecule has 1 atom stereocenters. The van der Waals surface area contributed by atoms with Gasteiger partial charge < -0.3 is 20.3 Å². The molecule has 2 N–H and O–H groups in total. The van der Waals surface area contributed by atoms with E-state index in [0.717, 1.165) is 12.2 Å². The van der Waals surface area contributed by atoms with Gasteiger partial charge in [0.05, 0.1) is 6.61 Å². The Hall–Kier alpha value is -2.57. The highest BCUT2D eigenvalue weighted by Crippen LogP contribution is 2.17. The molecule has 0 spiro atoms. The second kappa shape index (κ2) is 7.81. The van der Waals surface area contributed by atoms with E-state index in [-0.39, 0.29) is 11.9 Å². The number of rotatable bonds is 4. The maximum Gasteiger partial charge on any atom is 0.312 e. The topological polar surface area (TPSA) is 92.9 Å². The Balaban J connectivity index is 1.99. The van der Waals surface area contributed by atoms with Crippen LogP contribution in [-0.4, -0.2) is 59.8 Å². The number of carbonyl (C=O) groups excluding carboxylic acids is 3. The Morgan fingerprint density at radius 2 is 1.88 bits per heavy atom. The molecule has 0 unspecified atom stereocenters. The molecule has 1 aliphatic heterocycles. The Kier molecular flexibility index (Phi) is 5.78. The lowest BCUT2D eigenvalue weighted by atomic mass is 10.1. The molecule has 7 heteroatoms. The quantitative estimate of drug-likeness (QED) is 0.818. The van der Waals surface area contributed by atoms with E-state index in [1.807, 2.05) is 6.92 Å². The van der Waals surface area contributed by atoms with Crippen molar-refractivity contribution in [3.05, 3.63) is 29.8 Å². The van der Waals surface area contributed by atoms with Gasteiger partial charge in [-0.05, 0) is 37.6 Å². The van der Waals surface area contributed by atoms with Crippen LogP contribution < -0.4 is 10.5 Å². The van der Waals surface area contributed by atoms with Crippen molar-refractivity contribution >= 4 is 17.7 Å². The molecule has 1 aliphatic rings. The molecular weight excluding hydrogens is 310 g/mol. The van der Waals surface area contributed by atoms with Crippen LogP contribution in [0.25, 0.3) is 0 Å². The van der Waals surface area contributed by atoms with Gasteiger partial charge in [-0.15, -0.1) is 0 Å². The molecule has 1 fully saturated rings. The van der Waals surface area contributed by atoms with Crippen LogP contribution in [0, 0.1) is 0 Å². The van der Waals surface area contributed by atoms with Crippen molar-refractivity contribution in [2.24, 2.45) is 5.73 Å². The van der Waals surface area contributed by atoms with E-state index in [0.29, 0.717) is 31.8 Å². The van der Waals surface area contributed by atoms with Crippen LogP contribution in [0.1, 0.15) is 30.6 Å². The number of ether oxygens (including phenoxy) is 1. The summed E-state index contributed by atoms with van der Waals surface area (Å²) < 4.78 is 5.50. The monoisotopic (exact) mass is 333 g/mol. The van der Waals surface area contributed by atoms with Gasteiger partial charge in [-0.2, -0.15) is 0 Å². The number of nitrogens with two attached hydrogens (primary N) is 1. The van der Waals surface area contributed by atoms with Crippen molar-refractivity contribution in [1.82, 2.24) is 9.80 Å². The van der Waals surface area contributed by atoms with Gasteiger partial charge in [0, 0.05) is 31.2 Å². The molecule has 3 amide bonds. The molecular formula is C17H23N3O4. The Bertz CT molecular complexity index is 615. The van der Waals surface area contributed by atoms with Crippen LogP contribution in [0.5, 0.6) is 5.75 Å². The lowest BCUT2D eigenvalue weighted by Crippen LogP contribution is -2.57. The highest BCUT2D eigenvalue weighted by molar-refractivity contribution is 6.34. The van der Waals surface area contributed by atoms with E-state index in [1.54, 1.807) is 36.1 Å². The van der Waals surface area contributed by atoms with Crippen molar-refractivity contribution in [3.63, 3.8) is 0 Å². The third-order valence-corrected chi connectivity index (χ3v) is 3.96. The summed E-state index contributed by atoms with van der Waals surface area (Å²) in [6, 6.07) is 6.77. The van der Waals surface area contributed by atoms with E-state index >= 15 is 0 Å². The van der Waals surface area contributed by atoms with Crippen molar-refractivity contribution < 1.29 is 19.1 Å². The van der Waals surface area contributed by atoms with Gasteiger partial charge in [0.1, 0.15) is 5.75 Å². The summed E-state index contributed by atoms with van der Waals surface area (Å²) in [5.41, 5.74) is 5.61. The number of hydrogen-bond acceptors (Lipinski definition) is 4. The summed E-state index contributed by atoms with van der Waals surface area (Å²) in [7, 11) is 0. The summed E-state index contributed by atoms with van der Waals surface area (Å²) in [5.74, 6) is -1.04. The number of hydrogen-bond donors (Lipinski definition) is 1. The smallest absolute Gasteiger partial charge is 0.312 e. The average Bonchev–Trinajstić information content (AvgIpc) is 2.59. The van der Waals surface area contributed by atoms with Crippen LogP contribution >= 0.6 is 0 Å². The second-order valence-corrected chi connectivity index (χ2v) is 5.84. The van der Waals surface area contributed by atoms with Crippen LogP contribution in [-0.2, 0) is 9.59 Å². The largest absolute Gasteiger partial charge is 0.494 e. The lowest BCUT2D eigenvalue weighted by molar-refractivity contribution is -0.146. The molecule has 1 aromatic rings. The zero-order chi connectivity index (χ0) is 17.7. The minimum Gasteiger partial charge on any atom is -0.494 e.